The second-order valence-electron chi connectivity index (χ2n) is 9.29. The van der Waals surface area contributed by atoms with E-state index < -0.39 is 0 Å². The summed E-state index contributed by atoms with van der Waals surface area (Å²) >= 11 is 0. The average Bonchev–Trinajstić information content (AvgIpc) is 3.61. The van der Waals surface area contributed by atoms with Crippen molar-refractivity contribution in [3.8, 4) is 5.75 Å². The van der Waals surface area contributed by atoms with Gasteiger partial charge in [-0.1, -0.05) is 0 Å². The summed E-state index contributed by atoms with van der Waals surface area (Å²) in [6, 6.07) is 11.2. The van der Waals surface area contributed by atoms with Crippen LogP contribution in [0, 0.1) is 0 Å². The molecule has 0 saturated carbocycles. The van der Waals surface area contributed by atoms with Crippen LogP contribution >= 0.6 is 0 Å². The number of ether oxygens (including phenoxy) is 2. The van der Waals surface area contributed by atoms with Crippen LogP contribution in [0.2, 0.25) is 0 Å². The molecule has 36 heavy (non-hydrogen) atoms. The monoisotopic (exact) mass is 495 g/mol. The van der Waals surface area contributed by atoms with Crippen LogP contribution in [0.4, 0.5) is 0 Å². The minimum Gasteiger partial charge on any atom is -0.497 e. The van der Waals surface area contributed by atoms with Gasteiger partial charge in [0.2, 0.25) is 5.91 Å². The molecule has 1 atom stereocenters. The summed E-state index contributed by atoms with van der Waals surface area (Å²) < 4.78 is 16.3. The van der Waals surface area contributed by atoms with Crippen molar-refractivity contribution in [1.82, 2.24) is 19.7 Å². The molecule has 1 aromatic carbocycles. The first-order valence-corrected chi connectivity index (χ1v) is 12.5. The van der Waals surface area contributed by atoms with Gasteiger partial charge in [0.25, 0.3) is 5.91 Å². The lowest BCUT2D eigenvalue weighted by Gasteiger charge is -2.36. The first kappa shape index (κ1) is 24.5. The van der Waals surface area contributed by atoms with Crippen LogP contribution in [0.3, 0.4) is 0 Å². The van der Waals surface area contributed by atoms with Gasteiger partial charge < -0.3 is 18.8 Å². The Morgan fingerprint density at radius 2 is 1.61 bits per heavy atom. The number of nitrogens with zero attached hydrogens (tertiary/aromatic N) is 5. The summed E-state index contributed by atoms with van der Waals surface area (Å²) in [5.41, 5.74) is 1.81. The number of carbonyl (C=O) groups excluding carboxylic acids is 2. The van der Waals surface area contributed by atoms with E-state index in [2.05, 4.69) is 9.80 Å². The molecule has 10 nitrogen and oxygen atoms in total. The number of amides is 2. The minimum absolute atomic E-state index is 0.0576. The molecule has 5 rings (SSSR count). The molecule has 10 heteroatoms. The van der Waals surface area contributed by atoms with E-state index in [1.54, 1.807) is 18.4 Å². The lowest BCUT2D eigenvalue weighted by atomic mass is 10.0. The Labute approximate surface area is 211 Å². The van der Waals surface area contributed by atoms with Crippen molar-refractivity contribution in [1.29, 1.82) is 0 Å². The number of hydrogen-bond acceptors (Lipinski definition) is 8. The van der Waals surface area contributed by atoms with E-state index in [4.69, 9.17) is 19.0 Å². The maximum Gasteiger partial charge on any atom is 0.257 e. The van der Waals surface area contributed by atoms with E-state index in [-0.39, 0.29) is 24.4 Å². The zero-order valence-corrected chi connectivity index (χ0v) is 20.7. The number of methoxy groups -OCH3 is 1. The zero-order chi connectivity index (χ0) is 24.9. The Bertz CT molecular complexity index is 1060. The number of piperazine rings is 1. The van der Waals surface area contributed by atoms with Crippen molar-refractivity contribution in [3.63, 3.8) is 0 Å². The van der Waals surface area contributed by atoms with Crippen molar-refractivity contribution in [3.05, 3.63) is 54.0 Å². The zero-order valence-electron chi connectivity index (χ0n) is 20.7. The molecular weight excluding hydrogens is 462 g/mol. The second-order valence-corrected chi connectivity index (χ2v) is 9.29. The van der Waals surface area contributed by atoms with Crippen molar-refractivity contribution >= 4 is 17.5 Å². The summed E-state index contributed by atoms with van der Waals surface area (Å²) in [5.74, 6) is 1.60. The normalized spacial score (nSPS) is 21.5. The van der Waals surface area contributed by atoms with E-state index in [1.807, 2.05) is 41.3 Å². The highest BCUT2D eigenvalue weighted by Gasteiger charge is 2.36. The molecule has 0 radical (unpaired) electrons. The molecular formula is C26H33N5O5. The highest BCUT2D eigenvalue weighted by molar-refractivity contribution is 6.03. The molecule has 2 amide bonds. The van der Waals surface area contributed by atoms with Crippen LogP contribution < -0.4 is 4.74 Å². The third-order valence-electron chi connectivity index (χ3n) is 7.01. The Hall–Kier alpha value is -3.21. The summed E-state index contributed by atoms with van der Waals surface area (Å²) in [7, 11) is 1.64. The second kappa shape index (κ2) is 11.2. The number of hydrazone groups is 1. The number of morpholine rings is 1. The number of furan rings is 1. The van der Waals surface area contributed by atoms with E-state index in [1.165, 1.54) is 0 Å². The third-order valence-corrected chi connectivity index (χ3v) is 7.01. The first-order valence-electron chi connectivity index (χ1n) is 12.5. The number of rotatable bonds is 7. The van der Waals surface area contributed by atoms with E-state index in [9.17, 15) is 9.59 Å². The topological polar surface area (TPSA) is 91.1 Å². The molecule has 2 fully saturated rings. The molecule has 0 unspecified atom stereocenters. The predicted octanol–water partition coefficient (Wildman–Crippen LogP) is 1.44. The molecule has 2 aromatic rings. The molecule has 3 aliphatic rings. The van der Waals surface area contributed by atoms with Crippen LogP contribution in [-0.4, -0.2) is 110 Å². The number of carbonyl (C=O) groups is 2. The molecule has 3 aliphatic heterocycles. The average molecular weight is 496 g/mol. The lowest BCUT2D eigenvalue weighted by molar-refractivity contribution is -0.138. The smallest absolute Gasteiger partial charge is 0.257 e. The van der Waals surface area contributed by atoms with Crippen molar-refractivity contribution < 1.29 is 23.5 Å². The van der Waals surface area contributed by atoms with Gasteiger partial charge in [0.05, 0.1) is 45.4 Å². The Morgan fingerprint density at radius 3 is 2.22 bits per heavy atom. The van der Waals surface area contributed by atoms with E-state index in [0.717, 1.165) is 49.0 Å². The van der Waals surface area contributed by atoms with Crippen molar-refractivity contribution in [2.24, 2.45) is 5.10 Å². The number of hydrogen-bond donors (Lipinski definition) is 0. The predicted molar refractivity (Wildman–Crippen MR) is 133 cm³/mol. The maximum absolute atomic E-state index is 13.4. The molecule has 1 aromatic heterocycles. The van der Waals surface area contributed by atoms with Crippen LogP contribution in [0.15, 0.2) is 52.2 Å². The van der Waals surface area contributed by atoms with Gasteiger partial charge in [-0.3, -0.25) is 19.4 Å². The molecule has 192 valence electrons. The van der Waals surface area contributed by atoms with Crippen molar-refractivity contribution in [2.75, 3.05) is 72.7 Å². The van der Waals surface area contributed by atoms with E-state index in [0.29, 0.717) is 39.3 Å². The fourth-order valence-electron chi connectivity index (χ4n) is 4.87. The van der Waals surface area contributed by atoms with Gasteiger partial charge in [0.15, 0.2) is 0 Å². The largest absolute Gasteiger partial charge is 0.497 e. The summed E-state index contributed by atoms with van der Waals surface area (Å²) in [5, 5.41) is 6.30. The fraction of sp³-hybridized carbons (Fsp3) is 0.500. The Kier molecular flexibility index (Phi) is 7.64. The summed E-state index contributed by atoms with van der Waals surface area (Å²) in [4.78, 5) is 32.1. The van der Waals surface area contributed by atoms with E-state index >= 15 is 0 Å². The minimum atomic E-state index is -0.267. The van der Waals surface area contributed by atoms with Gasteiger partial charge in [-0.2, -0.15) is 5.10 Å². The third kappa shape index (κ3) is 5.61. The highest BCUT2D eigenvalue weighted by Crippen LogP contribution is 2.33. The molecule has 4 heterocycles. The van der Waals surface area contributed by atoms with Gasteiger partial charge in [0, 0.05) is 45.7 Å². The van der Waals surface area contributed by atoms with Crippen LogP contribution in [0.25, 0.3) is 0 Å². The standard InChI is InChI=1S/C26H33N5O5/c1-34-21-6-4-20(5-7-21)22-17-23(24-3-2-14-36-24)31(27-22)26(33)19-29-10-8-28(9-11-29)18-25(32)30-12-15-35-16-13-30/h2-7,14,23H,8-13,15-19H2,1H3/t23-/m0/s1. The molecule has 0 bridgehead atoms. The van der Waals surface area contributed by atoms with Gasteiger partial charge in [-0.15, -0.1) is 0 Å². The lowest BCUT2D eigenvalue weighted by Crippen LogP contribution is -2.53. The van der Waals surface area contributed by atoms with Crippen LogP contribution in [-0.2, 0) is 14.3 Å². The molecule has 0 aliphatic carbocycles. The van der Waals surface area contributed by atoms with Crippen LogP contribution in [0.1, 0.15) is 23.8 Å². The fourth-order valence-corrected chi connectivity index (χ4v) is 4.87. The summed E-state index contributed by atoms with van der Waals surface area (Å²) in [6.45, 7) is 6.23. The maximum atomic E-state index is 13.4. The highest BCUT2D eigenvalue weighted by atomic mass is 16.5. The number of benzene rings is 1. The van der Waals surface area contributed by atoms with Crippen molar-refractivity contribution in [2.45, 2.75) is 12.5 Å². The molecule has 2 saturated heterocycles. The summed E-state index contributed by atoms with van der Waals surface area (Å²) in [6.07, 6.45) is 2.21. The van der Waals surface area contributed by atoms with Crippen LogP contribution in [0.5, 0.6) is 5.75 Å². The Balaban J connectivity index is 1.19. The van der Waals surface area contributed by atoms with Gasteiger partial charge in [-0.25, -0.2) is 5.01 Å². The molecule has 0 spiro atoms. The Morgan fingerprint density at radius 1 is 0.944 bits per heavy atom. The quantitative estimate of drug-likeness (QED) is 0.574. The first-order chi connectivity index (χ1) is 17.6. The SMILES string of the molecule is COc1ccc(C2=NN(C(=O)CN3CCN(CC(=O)N4CCOCC4)CC3)[C@H](c3ccco3)C2)cc1. The van der Waals surface area contributed by atoms with Gasteiger partial charge in [-0.05, 0) is 42.0 Å². The molecule has 0 N–H and O–H groups in total. The van der Waals surface area contributed by atoms with Gasteiger partial charge in [0.1, 0.15) is 17.6 Å². The van der Waals surface area contributed by atoms with Gasteiger partial charge >= 0.3 is 0 Å².